The molecular formula is C32H29ClN4O3. The van der Waals surface area contributed by atoms with Gasteiger partial charge in [-0.2, -0.15) is 0 Å². The third-order valence-electron chi connectivity index (χ3n) is 7.25. The Bertz CT molecular complexity index is 1760. The summed E-state index contributed by atoms with van der Waals surface area (Å²) < 4.78 is 13.2. The smallest absolute Gasteiger partial charge is 0.216 e. The summed E-state index contributed by atoms with van der Waals surface area (Å²) in [5, 5.41) is 14.1. The van der Waals surface area contributed by atoms with Crippen LogP contribution in [0.5, 0.6) is 5.88 Å². The van der Waals surface area contributed by atoms with Crippen LogP contribution in [0.15, 0.2) is 90.3 Å². The van der Waals surface area contributed by atoms with Crippen molar-refractivity contribution in [1.82, 2.24) is 14.5 Å². The second-order valence-corrected chi connectivity index (χ2v) is 11.1. The topological polar surface area (TPSA) is 81.8 Å². The number of hydrogen-bond acceptors (Lipinski definition) is 6. The van der Waals surface area contributed by atoms with Crippen LogP contribution in [0.4, 0.5) is 0 Å². The molecule has 40 heavy (non-hydrogen) atoms. The third-order valence-corrected chi connectivity index (χ3v) is 7.49. The fourth-order valence-corrected chi connectivity index (χ4v) is 5.37. The maximum absolute atomic E-state index is 12.6. The molecule has 0 aliphatic carbocycles. The second kappa shape index (κ2) is 9.77. The quantitative estimate of drug-likeness (QED) is 0.274. The highest BCUT2D eigenvalue weighted by Crippen LogP contribution is 2.40. The number of halogens is 1. The van der Waals surface area contributed by atoms with Gasteiger partial charge in [0, 0.05) is 29.1 Å². The molecule has 0 saturated heterocycles. The van der Waals surface area contributed by atoms with Gasteiger partial charge in [0.2, 0.25) is 11.8 Å². The molecular weight excluding hydrogens is 524 g/mol. The Morgan fingerprint density at radius 3 is 2.42 bits per heavy atom. The van der Waals surface area contributed by atoms with E-state index in [1.54, 1.807) is 19.6 Å². The lowest BCUT2D eigenvalue weighted by Crippen LogP contribution is -2.31. The first-order valence-electron chi connectivity index (χ1n) is 13.0. The van der Waals surface area contributed by atoms with E-state index in [1.807, 2.05) is 98.3 Å². The average molecular weight is 553 g/mol. The number of hydrogen-bond donors (Lipinski definition) is 1. The number of aryl methyl sites for hydroxylation is 1. The van der Waals surface area contributed by atoms with E-state index in [0.717, 1.165) is 27.6 Å². The molecule has 2 aromatic heterocycles. The highest BCUT2D eigenvalue weighted by Gasteiger charge is 2.37. The summed E-state index contributed by atoms with van der Waals surface area (Å²) in [7, 11) is 3.47. The lowest BCUT2D eigenvalue weighted by Gasteiger charge is -2.30. The third kappa shape index (κ3) is 4.51. The molecule has 1 unspecified atom stereocenters. The van der Waals surface area contributed by atoms with Gasteiger partial charge in [-0.25, -0.2) is 15.0 Å². The van der Waals surface area contributed by atoms with Crippen molar-refractivity contribution in [2.75, 3.05) is 13.7 Å². The Morgan fingerprint density at radius 1 is 1.00 bits per heavy atom. The highest BCUT2D eigenvalue weighted by molar-refractivity contribution is 6.30. The average Bonchev–Trinajstić information content (AvgIpc) is 3.56. The van der Waals surface area contributed by atoms with Crippen molar-refractivity contribution in [2.24, 2.45) is 12.0 Å². The van der Waals surface area contributed by atoms with E-state index in [2.05, 4.69) is 15.0 Å². The molecule has 202 valence electrons. The summed E-state index contributed by atoms with van der Waals surface area (Å²) in [4.78, 5) is 13.7. The zero-order valence-electron chi connectivity index (χ0n) is 22.7. The first-order valence-corrected chi connectivity index (χ1v) is 13.3. The molecule has 5 aromatic rings. The first kappa shape index (κ1) is 26.0. The molecule has 1 aliphatic rings. The van der Waals surface area contributed by atoms with Gasteiger partial charge < -0.3 is 19.1 Å². The maximum Gasteiger partial charge on any atom is 0.216 e. The van der Waals surface area contributed by atoms with Crippen LogP contribution in [0, 0.1) is 0 Å². The highest BCUT2D eigenvalue weighted by atomic mass is 35.5. The van der Waals surface area contributed by atoms with Gasteiger partial charge in [-0.15, -0.1) is 0 Å². The van der Waals surface area contributed by atoms with Gasteiger partial charge in [-0.05, 0) is 72.5 Å². The van der Waals surface area contributed by atoms with E-state index >= 15 is 0 Å². The molecule has 8 heteroatoms. The van der Waals surface area contributed by atoms with Crippen molar-refractivity contribution in [3.8, 4) is 17.0 Å². The minimum absolute atomic E-state index is 0.258. The van der Waals surface area contributed by atoms with E-state index in [-0.39, 0.29) is 5.54 Å². The van der Waals surface area contributed by atoms with Crippen molar-refractivity contribution in [3.05, 3.63) is 113 Å². The first-order chi connectivity index (χ1) is 19.2. The van der Waals surface area contributed by atoms with E-state index in [0.29, 0.717) is 40.2 Å². The molecule has 0 spiro atoms. The fourth-order valence-electron chi connectivity index (χ4n) is 5.18. The zero-order chi connectivity index (χ0) is 28.1. The van der Waals surface area contributed by atoms with Crippen LogP contribution in [0.25, 0.3) is 22.0 Å². The van der Waals surface area contributed by atoms with E-state index < -0.39 is 5.60 Å². The number of benzene rings is 3. The van der Waals surface area contributed by atoms with Gasteiger partial charge in [-0.1, -0.05) is 41.9 Å². The maximum atomic E-state index is 12.6. The standard InChI is InChI=1S/C32H29ClN4O3/c1-31(2)18-40-30(36-31)20-8-10-22(11-9-20)32(38,28-17-34-19-37(28)3)23-12-13-27-26(15-23)25(16-29(35-27)39-4)21-6-5-7-24(33)14-21/h5-17,19,38H,18H2,1-4H3. The van der Waals surface area contributed by atoms with Crippen molar-refractivity contribution in [1.29, 1.82) is 0 Å². The molecule has 0 saturated carbocycles. The molecule has 3 aromatic carbocycles. The monoisotopic (exact) mass is 552 g/mol. The van der Waals surface area contributed by atoms with Crippen molar-refractivity contribution in [3.63, 3.8) is 0 Å². The lowest BCUT2D eigenvalue weighted by molar-refractivity contribution is 0.117. The van der Waals surface area contributed by atoms with Gasteiger partial charge in [0.25, 0.3) is 0 Å². The number of nitrogens with zero attached hydrogens (tertiary/aromatic N) is 4. The molecule has 1 atom stereocenters. The lowest BCUT2D eigenvalue weighted by atomic mass is 9.82. The zero-order valence-corrected chi connectivity index (χ0v) is 23.5. The largest absolute Gasteiger partial charge is 0.481 e. The van der Waals surface area contributed by atoms with Crippen LogP contribution < -0.4 is 4.74 Å². The summed E-state index contributed by atoms with van der Waals surface area (Å²) in [6.07, 6.45) is 3.37. The molecule has 0 amide bonds. The minimum Gasteiger partial charge on any atom is -0.481 e. The number of pyridine rings is 1. The van der Waals surface area contributed by atoms with Crippen molar-refractivity contribution >= 4 is 28.4 Å². The molecule has 1 aliphatic heterocycles. The number of aromatic nitrogens is 3. The predicted molar refractivity (Wildman–Crippen MR) is 157 cm³/mol. The summed E-state index contributed by atoms with van der Waals surface area (Å²) in [6, 6.07) is 23.0. The molecule has 1 N–H and O–H groups in total. The van der Waals surface area contributed by atoms with Crippen LogP contribution in [-0.2, 0) is 17.4 Å². The number of methoxy groups -OCH3 is 1. The number of aliphatic imine (C=N–C) groups is 1. The number of rotatable bonds is 6. The fraction of sp³-hybridized carbons (Fsp3) is 0.219. The van der Waals surface area contributed by atoms with E-state index in [4.69, 9.17) is 21.1 Å². The van der Waals surface area contributed by atoms with Crippen LogP contribution >= 0.6 is 11.6 Å². The Morgan fingerprint density at radius 2 is 1.77 bits per heavy atom. The summed E-state index contributed by atoms with van der Waals surface area (Å²) in [5.74, 6) is 1.10. The van der Waals surface area contributed by atoms with Crippen molar-refractivity contribution in [2.45, 2.75) is 25.0 Å². The Balaban J connectivity index is 1.54. The van der Waals surface area contributed by atoms with Crippen LogP contribution in [0.3, 0.4) is 0 Å². The van der Waals surface area contributed by atoms with Gasteiger partial charge in [-0.3, -0.25) is 0 Å². The molecule has 0 bridgehead atoms. The Labute approximate surface area is 237 Å². The molecule has 7 nitrogen and oxygen atoms in total. The number of imidazole rings is 1. The molecule has 0 fully saturated rings. The number of fused-ring (bicyclic) bond motifs is 1. The van der Waals surface area contributed by atoms with Gasteiger partial charge in [0.15, 0.2) is 5.60 Å². The summed E-state index contributed by atoms with van der Waals surface area (Å²) in [6.45, 7) is 4.61. The van der Waals surface area contributed by atoms with Gasteiger partial charge in [0.1, 0.15) is 6.61 Å². The van der Waals surface area contributed by atoms with E-state index in [9.17, 15) is 5.11 Å². The SMILES string of the molecule is COc1cc(-c2cccc(Cl)c2)c2cc(C(O)(c3ccc(C4=NC(C)(C)CO4)cc3)c3cncn3C)ccc2n1. The Kier molecular flexibility index (Phi) is 6.36. The van der Waals surface area contributed by atoms with Gasteiger partial charge >= 0.3 is 0 Å². The van der Waals surface area contributed by atoms with Gasteiger partial charge in [0.05, 0.1) is 36.4 Å². The Hall–Kier alpha value is -4.20. The van der Waals surface area contributed by atoms with Crippen LogP contribution in [0.1, 0.15) is 36.2 Å². The minimum atomic E-state index is -1.51. The van der Waals surface area contributed by atoms with Crippen LogP contribution in [0.2, 0.25) is 5.02 Å². The predicted octanol–water partition coefficient (Wildman–Crippen LogP) is 6.14. The van der Waals surface area contributed by atoms with Crippen LogP contribution in [-0.4, -0.2) is 44.8 Å². The molecule has 0 radical (unpaired) electrons. The second-order valence-electron chi connectivity index (χ2n) is 10.7. The molecule has 6 rings (SSSR count). The van der Waals surface area contributed by atoms with Crippen molar-refractivity contribution < 1.29 is 14.6 Å². The summed E-state index contributed by atoms with van der Waals surface area (Å²) >= 11 is 6.35. The summed E-state index contributed by atoms with van der Waals surface area (Å²) in [5.41, 5.74) is 3.62. The number of ether oxygens (including phenoxy) is 2. The number of aliphatic hydroxyl groups is 1. The molecule has 3 heterocycles. The van der Waals surface area contributed by atoms with E-state index in [1.165, 1.54) is 0 Å². The normalized spacial score (nSPS) is 15.9.